The molecule has 1 heterocycles. The van der Waals surface area contributed by atoms with Crippen LogP contribution in [0.4, 0.5) is 15.2 Å². The molecule has 0 spiro atoms. The van der Waals surface area contributed by atoms with Gasteiger partial charge < -0.3 is 10.6 Å². The molecule has 5 nitrogen and oxygen atoms in total. The van der Waals surface area contributed by atoms with Crippen LogP contribution in [-0.2, 0) is 9.59 Å². The Bertz CT molecular complexity index is 774. The number of nitrogens with one attached hydrogen (secondary N) is 2. The number of aromatic nitrogens is 1. The molecule has 23 heavy (non-hydrogen) atoms. The van der Waals surface area contributed by atoms with Crippen molar-refractivity contribution < 1.29 is 14.0 Å². The van der Waals surface area contributed by atoms with Gasteiger partial charge in [-0.05, 0) is 30.5 Å². The van der Waals surface area contributed by atoms with Gasteiger partial charge in [-0.1, -0.05) is 6.92 Å². The van der Waals surface area contributed by atoms with Crippen LogP contribution in [0, 0.1) is 17.7 Å². The van der Waals surface area contributed by atoms with Crippen LogP contribution in [0.25, 0.3) is 11.3 Å². The minimum absolute atomic E-state index is 0.0279. The Morgan fingerprint density at radius 3 is 2.70 bits per heavy atom. The number of nitrogens with zero attached hydrogens (tertiary/aromatic N) is 1. The summed E-state index contributed by atoms with van der Waals surface area (Å²) in [5.41, 5.74) is 1.18. The lowest BCUT2D eigenvalue weighted by molar-refractivity contribution is -0.117. The molecule has 1 aromatic heterocycles. The summed E-state index contributed by atoms with van der Waals surface area (Å²) in [5, 5.41) is 7.46. The van der Waals surface area contributed by atoms with Gasteiger partial charge in [-0.25, -0.2) is 9.37 Å². The SMILES string of the molecule is CC(=O)Nc1ccc(-c2csc(NC(=O)[C@H]3C[C@@H]3C)n2)c(F)c1. The Labute approximate surface area is 136 Å². The molecule has 0 radical (unpaired) electrons. The molecule has 3 rings (SSSR count). The van der Waals surface area contributed by atoms with Crippen LogP contribution < -0.4 is 10.6 Å². The predicted molar refractivity (Wildman–Crippen MR) is 87.7 cm³/mol. The first-order chi connectivity index (χ1) is 10.9. The van der Waals surface area contributed by atoms with Gasteiger partial charge in [0.05, 0.1) is 5.69 Å². The molecule has 1 aromatic carbocycles. The van der Waals surface area contributed by atoms with E-state index in [1.807, 2.05) is 6.92 Å². The zero-order chi connectivity index (χ0) is 16.6. The number of rotatable bonds is 4. The molecule has 1 fully saturated rings. The van der Waals surface area contributed by atoms with Crippen molar-refractivity contribution in [2.24, 2.45) is 11.8 Å². The third-order valence-corrected chi connectivity index (χ3v) is 4.50. The minimum Gasteiger partial charge on any atom is -0.326 e. The van der Waals surface area contributed by atoms with Gasteiger partial charge in [0, 0.05) is 29.5 Å². The molecule has 2 N–H and O–H groups in total. The summed E-state index contributed by atoms with van der Waals surface area (Å²) < 4.78 is 14.2. The van der Waals surface area contributed by atoms with Crippen molar-refractivity contribution in [1.82, 2.24) is 4.98 Å². The van der Waals surface area contributed by atoms with E-state index in [0.717, 1.165) is 6.42 Å². The number of anilines is 2. The number of hydrogen-bond donors (Lipinski definition) is 2. The monoisotopic (exact) mass is 333 g/mol. The number of thiazole rings is 1. The number of hydrogen-bond acceptors (Lipinski definition) is 4. The molecule has 0 unspecified atom stereocenters. The summed E-state index contributed by atoms with van der Waals surface area (Å²) in [6, 6.07) is 4.42. The topological polar surface area (TPSA) is 71.1 Å². The van der Waals surface area contributed by atoms with E-state index in [0.29, 0.717) is 28.0 Å². The first-order valence-corrected chi connectivity index (χ1v) is 8.16. The normalized spacial score (nSPS) is 19.3. The molecule has 120 valence electrons. The van der Waals surface area contributed by atoms with Crippen molar-refractivity contribution in [3.63, 3.8) is 0 Å². The predicted octanol–water partition coefficient (Wildman–Crippen LogP) is 3.50. The highest BCUT2D eigenvalue weighted by atomic mass is 32.1. The van der Waals surface area contributed by atoms with Gasteiger partial charge >= 0.3 is 0 Å². The molecule has 7 heteroatoms. The standard InChI is InChI=1S/C16H16FN3O2S/c1-8-5-12(8)15(22)20-16-19-14(7-23-16)11-4-3-10(6-13(11)17)18-9(2)21/h3-4,6-8,12H,5H2,1-2H3,(H,18,21)(H,19,20,22)/t8-,12-/m0/s1. The van der Waals surface area contributed by atoms with Crippen LogP contribution in [0.1, 0.15) is 20.3 Å². The van der Waals surface area contributed by atoms with Crippen LogP contribution in [0.3, 0.4) is 0 Å². The van der Waals surface area contributed by atoms with Crippen molar-refractivity contribution in [3.05, 3.63) is 29.4 Å². The van der Waals surface area contributed by atoms with E-state index in [9.17, 15) is 14.0 Å². The highest BCUT2D eigenvalue weighted by Gasteiger charge is 2.39. The number of carbonyl (C=O) groups excluding carboxylic acids is 2. The van der Waals surface area contributed by atoms with Crippen molar-refractivity contribution in [3.8, 4) is 11.3 Å². The number of benzene rings is 1. The maximum absolute atomic E-state index is 14.2. The van der Waals surface area contributed by atoms with E-state index in [2.05, 4.69) is 15.6 Å². The van der Waals surface area contributed by atoms with Crippen molar-refractivity contribution in [2.45, 2.75) is 20.3 Å². The second-order valence-corrected chi connectivity index (χ2v) is 6.58. The van der Waals surface area contributed by atoms with Crippen molar-refractivity contribution >= 4 is 34.0 Å². The Hall–Kier alpha value is -2.28. The van der Waals surface area contributed by atoms with Gasteiger partial charge in [0.15, 0.2) is 5.13 Å². The smallest absolute Gasteiger partial charge is 0.229 e. The Balaban J connectivity index is 1.74. The lowest BCUT2D eigenvalue weighted by atomic mass is 10.1. The van der Waals surface area contributed by atoms with E-state index in [4.69, 9.17) is 0 Å². The van der Waals surface area contributed by atoms with Gasteiger partial charge in [0.1, 0.15) is 5.82 Å². The summed E-state index contributed by atoms with van der Waals surface area (Å²) in [5.74, 6) is -0.274. The van der Waals surface area contributed by atoms with Gasteiger partial charge in [-0.3, -0.25) is 9.59 Å². The fourth-order valence-electron chi connectivity index (χ4n) is 2.34. The number of carbonyl (C=O) groups is 2. The van der Waals surface area contributed by atoms with Crippen LogP contribution in [-0.4, -0.2) is 16.8 Å². The molecule has 1 aliphatic rings. The van der Waals surface area contributed by atoms with Crippen LogP contribution in [0.2, 0.25) is 0 Å². The Morgan fingerprint density at radius 1 is 1.35 bits per heavy atom. The maximum atomic E-state index is 14.2. The fraction of sp³-hybridized carbons (Fsp3) is 0.312. The van der Waals surface area contributed by atoms with Gasteiger partial charge in [-0.15, -0.1) is 11.3 Å². The first kappa shape index (κ1) is 15.6. The Morgan fingerprint density at radius 2 is 2.09 bits per heavy atom. The molecule has 2 aromatic rings. The average Bonchev–Trinajstić information content (AvgIpc) is 3.03. The largest absolute Gasteiger partial charge is 0.326 e. The van der Waals surface area contributed by atoms with E-state index in [1.165, 1.54) is 24.3 Å². The zero-order valence-corrected chi connectivity index (χ0v) is 13.5. The highest BCUT2D eigenvalue weighted by Crippen LogP contribution is 2.39. The van der Waals surface area contributed by atoms with E-state index in [-0.39, 0.29) is 17.7 Å². The third kappa shape index (κ3) is 3.56. The van der Waals surface area contributed by atoms with Crippen molar-refractivity contribution in [1.29, 1.82) is 0 Å². The molecular weight excluding hydrogens is 317 g/mol. The molecule has 2 atom stereocenters. The summed E-state index contributed by atoms with van der Waals surface area (Å²) in [4.78, 5) is 27.1. The lowest BCUT2D eigenvalue weighted by Crippen LogP contribution is -2.14. The lowest BCUT2D eigenvalue weighted by Gasteiger charge is -2.05. The molecule has 1 aliphatic carbocycles. The molecule has 0 bridgehead atoms. The molecule has 2 amide bonds. The van der Waals surface area contributed by atoms with E-state index in [1.54, 1.807) is 17.5 Å². The van der Waals surface area contributed by atoms with Gasteiger partial charge in [0.25, 0.3) is 0 Å². The van der Waals surface area contributed by atoms with Crippen molar-refractivity contribution in [2.75, 3.05) is 10.6 Å². The summed E-state index contributed by atoms with van der Waals surface area (Å²) >= 11 is 1.26. The average molecular weight is 333 g/mol. The summed E-state index contributed by atoms with van der Waals surface area (Å²) in [7, 11) is 0. The minimum atomic E-state index is -0.477. The maximum Gasteiger partial charge on any atom is 0.229 e. The first-order valence-electron chi connectivity index (χ1n) is 7.28. The fourth-order valence-corrected chi connectivity index (χ4v) is 3.06. The van der Waals surface area contributed by atoms with Gasteiger partial charge in [-0.2, -0.15) is 0 Å². The molecule has 1 saturated carbocycles. The van der Waals surface area contributed by atoms with Gasteiger partial charge in [0.2, 0.25) is 11.8 Å². The molecule has 0 aliphatic heterocycles. The quantitative estimate of drug-likeness (QED) is 0.899. The summed E-state index contributed by atoms with van der Waals surface area (Å²) in [6.07, 6.45) is 0.906. The summed E-state index contributed by atoms with van der Waals surface area (Å²) in [6.45, 7) is 3.39. The van der Waals surface area contributed by atoms with Crippen LogP contribution in [0.15, 0.2) is 23.6 Å². The second-order valence-electron chi connectivity index (χ2n) is 5.72. The zero-order valence-electron chi connectivity index (χ0n) is 12.7. The van der Waals surface area contributed by atoms with Crippen LogP contribution in [0.5, 0.6) is 0 Å². The number of halogens is 1. The Kier molecular flexibility index (Phi) is 4.12. The molecule has 0 saturated heterocycles. The third-order valence-electron chi connectivity index (χ3n) is 3.75. The highest BCUT2D eigenvalue weighted by molar-refractivity contribution is 7.14. The number of amides is 2. The molecular formula is C16H16FN3O2S. The van der Waals surface area contributed by atoms with E-state index >= 15 is 0 Å². The second kappa shape index (κ2) is 6.08. The van der Waals surface area contributed by atoms with E-state index < -0.39 is 5.82 Å². The van der Waals surface area contributed by atoms with Crippen LogP contribution >= 0.6 is 11.3 Å².